The van der Waals surface area contributed by atoms with E-state index >= 15 is 0 Å². The number of ether oxygens (including phenoxy) is 2. The van der Waals surface area contributed by atoms with E-state index < -0.39 is 5.41 Å². The van der Waals surface area contributed by atoms with Gasteiger partial charge in [-0.05, 0) is 81.5 Å². The number of hydrogen-bond donors (Lipinski definition) is 0. The first-order chi connectivity index (χ1) is 13.3. The second-order valence-electron chi connectivity index (χ2n) is 10.3. The molecule has 2 saturated carbocycles. The van der Waals surface area contributed by atoms with Crippen molar-refractivity contribution in [2.45, 2.75) is 52.9 Å². The van der Waals surface area contributed by atoms with Crippen LogP contribution in [0.5, 0.6) is 0 Å². The van der Waals surface area contributed by atoms with Crippen LogP contribution in [-0.2, 0) is 19.1 Å². The Morgan fingerprint density at radius 3 is 1.89 bits per heavy atom. The predicted octanol–water partition coefficient (Wildman–Crippen LogP) is 4.55. The molecule has 7 atom stereocenters. The molecule has 4 rings (SSSR count). The summed E-state index contributed by atoms with van der Waals surface area (Å²) in [4.78, 5) is 25.1. The van der Waals surface area contributed by atoms with Crippen LogP contribution in [0.15, 0.2) is 24.3 Å². The highest BCUT2D eigenvalue weighted by molar-refractivity contribution is 5.78. The molecule has 0 aromatic carbocycles. The van der Waals surface area contributed by atoms with Gasteiger partial charge in [-0.2, -0.15) is 0 Å². The van der Waals surface area contributed by atoms with Gasteiger partial charge in [-0.15, -0.1) is 0 Å². The van der Waals surface area contributed by atoms with Gasteiger partial charge in [-0.3, -0.25) is 9.59 Å². The molecular weight excluding hydrogens is 352 g/mol. The zero-order valence-electron chi connectivity index (χ0n) is 17.4. The second-order valence-corrected chi connectivity index (χ2v) is 10.3. The van der Waals surface area contributed by atoms with E-state index in [0.717, 1.165) is 12.8 Å². The van der Waals surface area contributed by atoms with Gasteiger partial charge in [0.2, 0.25) is 0 Å². The van der Waals surface area contributed by atoms with Crippen molar-refractivity contribution < 1.29 is 19.1 Å². The van der Waals surface area contributed by atoms with Gasteiger partial charge >= 0.3 is 11.9 Å². The largest absolute Gasteiger partial charge is 0.465 e. The molecule has 4 nitrogen and oxygen atoms in total. The van der Waals surface area contributed by atoms with Crippen LogP contribution in [0.3, 0.4) is 0 Å². The Morgan fingerprint density at radius 2 is 1.43 bits per heavy atom. The molecule has 154 valence electrons. The molecule has 4 aliphatic carbocycles. The fourth-order valence-corrected chi connectivity index (χ4v) is 5.81. The summed E-state index contributed by atoms with van der Waals surface area (Å²) in [6.45, 7) is 6.63. The van der Waals surface area contributed by atoms with Crippen molar-refractivity contribution >= 4 is 11.9 Å². The summed E-state index contributed by atoms with van der Waals surface area (Å²) < 4.78 is 11.3. The summed E-state index contributed by atoms with van der Waals surface area (Å²) in [6.07, 6.45) is 14.3. The third kappa shape index (κ3) is 4.06. The molecule has 0 saturated heterocycles. The van der Waals surface area contributed by atoms with E-state index in [0.29, 0.717) is 55.1 Å². The maximum Gasteiger partial charge on any atom is 0.311 e. The maximum atomic E-state index is 12.6. The van der Waals surface area contributed by atoms with Gasteiger partial charge in [-0.1, -0.05) is 31.2 Å². The highest BCUT2D eigenvalue weighted by Crippen LogP contribution is 2.44. The summed E-state index contributed by atoms with van der Waals surface area (Å²) in [5.74, 6) is 2.78. The van der Waals surface area contributed by atoms with E-state index in [4.69, 9.17) is 9.47 Å². The van der Waals surface area contributed by atoms with Crippen molar-refractivity contribution in [3.05, 3.63) is 24.3 Å². The highest BCUT2D eigenvalue weighted by atomic mass is 16.5. The summed E-state index contributed by atoms with van der Waals surface area (Å²) in [5.41, 5.74) is -0.680. The summed E-state index contributed by atoms with van der Waals surface area (Å²) in [7, 11) is 0. The van der Waals surface area contributed by atoms with E-state index in [9.17, 15) is 9.59 Å². The van der Waals surface area contributed by atoms with Gasteiger partial charge in [0, 0.05) is 0 Å². The molecule has 0 aliphatic heterocycles. The van der Waals surface area contributed by atoms with Crippen LogP contribution in [0.25, 0.3) is 0 Å². The Labute approximate surface area is 168 Å². The van der Waals surface area contributed by atoms with Crippen molar-refractivity contribution in [3.8, 4) is 0 Å². The van der Waals surface area contributed by atoms with Crippen molar-refractivity contribution in [2.24, 2.45) is 46.8 Å². The molecule has 4 bridgehead atoms. The zero-order valence-corrected chi connectivity index (χ0v) is 17.4. The van der Waals surface area contributed by atoms with E-state index in [1.807, 2.05) is 20.8 Å². The minimum atomic E-state index is -0.680. The number of carbonyl (C=O) groups is 2. The molecule has 0 N–H and O–H groups in total. The molecule has 2 fully saturated rings. The van der Waals surface area contributed by atoms with Crippen LogP contribution in [0.4, 0.5) is 0 Å². The molecule has 4 heteroatoms. The SMILES string of the molecule is CC(CC(C)(C)C(=O)OCC1CC2C=CC1C2)C(=O)OCC1CC2C=CC1C2. The van der Waals surface area contributed by atoms with Crippen molar-refractivity contribution in [1.29, 1.82) is 0 Å². The van der Waals surface area contributed by atoms with Gasteiger partial charge in [-0.25, -0.2) is 0 Å². The molecule has 0 radical (unpaired) electrons. The van der Waals surface area contributed by atoms with Gasteiger partial charge in [0.25, 0.3) is 0 Å². The summed E-state index contributed by atoms with van der Waals surface area (Å²) in [5, 5.41) is 0. The second kappa shape index (κ2) is 7.68. The number of esters is 2. The Balaban J connectivity index is 1.20. The number of carbonyl (C=O) groups excluding carboxylic acids is 2. The molecule has 0 heterocycles. The minimum absolute atomic E-state index is 0.189. The van der Waals surface area contributed by atoms with Crippen LogP contribution in [0.2, 0.25) is 0 Å². The quantitative estimate of drug-likeness (QED) is 0.454. The first-order valence-electron chi connectivity index (χ1n) is 11.0. The van der Waals surface area contributed by atoms with Crippen LogP contribution in [0.1, 0.15) is 52.9 Å². The molecule has 7 unspecified atom stereocenters. The monoisotopic (exact) mass is 386 g/mol. The molecule has 0 aromatic heterocycles. The molecule has 4 aliphatic rings. The molecule has 0 amide bonds. The van der Waals surface area contributed by atoms with Crippen LogP contribution >= 0.6 is 0 Å². The van der Waals surface area contributed by atoms with Crippen molar-refractivity contribution in [2.75, 3.05) is 13.2 Å². The van der Waals surface area contributed by atoms with Crippen LogP contribution < -0.4 is 0 Å². The Bertz CT molecular complexity index is 676. The zero-order chi connectivity index (χ0) is 19.9. The average molecular weight is 387 g/mol. The van der Waals surface area contributed by atoms with E-state index in [-0.39, 0.29) is 17.9 Å². The van der Waals surface area contributed by atoms with Gasteiger partial charge < -0.3 is 9.47 Å². The molecule has 0 spiro atoms. The van der Waals surface area contributed by atoms with E-state index in [1.165, 1.54) is 12.8 Å². The Kier molecular flexibility index (Phi) is 5.41. The maximum absolute atomic E-state index is 12.6. The topological polar surface area (TPSA) is 52.6 Å². The number of hydrogen-bond acceptors (Lipinski definition) is 4. The summed E-state index contributed by atoms with van der Waals surface area (Å²) in [6, 6.07) is 0. The fraction of sp³-hybridized carbons (Fsp3) is 0.750. The average Bonchev–Trinajstić information content (AvgIpc) is 3.44. The molecule has 0 aromatic rings. The lowest BCUT2D eigenvalue weighted by Crippen LogP contribution is -2.33. The lowest BCUT2D eigenvalue weighted by Gasteiger charge is -2.27. The van der Waals surface area contributed by atoms with Gasteiger partial charge in [0.15, 0.2) is 0 Å². The summed E-state index contributed by atoms with van der Waals surface area (Å²) >= 11 is 0. The third-order valence-electron chi connectivity index (χ3n) is 7.47. The molecular formula is C24H34O4. The predicted molar refractivity (Wildman–Crippen MR) is 107 cm³/mol. The van der Waals surface area contributed by atoms with Gasteiger partial charge in [0.05, 0.1) is 24.5 Å². The number of rotatable bonds is 8. The molecule has 28 heavy (non-hydrogen) atoms. The van der Waals surface area contributed by atoms with Gasteiger partial charge in [0.1, 0.15) is 0 Å². The van der Waals surface area contributed by atoms with E-state index in [2.05, 4.69) is 24.3 Å². The van der Waals surface area contributed by atoms with Crippen LogP contribution in [0, 0.1) is 46.8 Å². The highest BCUT2D eigenvalue weighted by Gasteiger charge is 2.39. The number of allylic oxidation sites excluding steroid dienone is 4. The Morgan fingerprint density at radius 1 is 0.893 bits per heavy atom. The van der Waals surface area contributed by atoms with Crippen molar-refractivity contribution in [1.82, 2.24) is 0 Å². The lowest BCUT2D eigenvalue weighted by molar-refractivity contribution is -0.159. The smallest absolute Gasteiger partial charge is 0.311 e. The first kappa shape index (κ1) is 19.7. The third-order valence-corrected chi connectivity index (χ3v) is 7.47. The lowest BCUT2D eigenvalue weighted by atomic mass is 9.83. The fourth-order valence-electron chi connectivity index (χ4n) is 5.81. The van der Waals surface area contributed by atoms with E-state index in [1.54, 1.807) is 0 Å². The number of fused-ring (bicyclic) bond motifs is 4. The minimum Gasteiger partial charge on any atom is -0.465 e. The van der Waals surface area contributed by atoms with Crippen LogP contribution in [-0.4, -0.2) is 25.2 Å². The normalized spacial score (nSPS) is 36.1. The first-order valence-corrected chi connectivity index (χ1v) is 11.0. The standard InChI is InChI=1S/C24H34O4/c1-15(22(25)27-13-20-10-16-4-6-18(20)8-16)12-24(2,3)23(26)28-14-21-11-17-5-7-19(21)9-17/h4-7,15-21H,8-14H2,1-3H3. The Hall–Kier alpha value is -1.58. The van der Waals surface area contributed by atoms with Crippen molar-refractivity contribution in [3.63, 3.8) is 0 Å².